The van der Waals surface area contributed by atoms with Crippen molar-refractivity contribution >= 4 is 23.1 Å². The van der Waals surface area contributed by atoms with E-state index in [0.29, 0.717) is 0 Å². The minimum absolute atomic E-state index is 0. The molecule has 0 aromatic heterocycles. The van der Waals surface area contributed by atoms with Gasteiger partial charge in [0.1, 0.15) is 0 Å². The van der Waals surface area contributed by atoms with Gasteiger partial charge in [-0.2, -0.15) is 0 Å². The molecule has 0 aromatic carbocycles. The summed E-state index contributed by atoms with van der Waals surface area (Å²) in [6.45, 7) is 8.64. The maximum absolute atomic E-state index is 11.2. The van der Waals surface area contributed by atoms with E-state index in [1.54, 1.807) is 0 Å². The molecule has 0 spiro atoms. The smallest absolute Gasteiger partial charge is 0.852 e. The summed E-state index contributed by atoms with van der Waals surface area (Å²) in [5, 5.41) is 22.4. The fraction of sp³-hybridized carbons (Fsp3) is 1.00. The van der Waals surface area contributed by atoms with Crippen LogP contribution in [-0.2, 0) is 0 Å². The summed E-state index contributed by atoms with van der Waals surface area (Å²) in [4.78, 5) is 0. The Morgan fingerprint density at radius 2 is 0.704 bits per heavy atom. The second-order valence-corrected chi connectivity index (χ2v) is 7.93. The van der Waals surface area contributed by atoms with Crippen molar-refractivity contribution in [1.29, 1.82) is 0 Å². The average Bonchev–Trinajstić information content (AvgIpc) is 2.62. The monoisotopic (exact) mass is 394 g/mol. The molecule has 2 nitrogen and oxygen atoms in total. The molecule has 0 aliphatic carbocycles. The molecule has 2 unspecified atom stereocenters. The summed E-state index contributed by atoms with van der Waals surface area (Å²) in [6.07, 6.45) is 20.6. The average molecular weight is 395 g/mol. The van der Waals surface area contributed by atoms with E-state index in [0.717, 1.165) is 51.4 Å². The first-order chi connectivity index (χ1) is 12.6. The van der Waals surface area contributed by atoms with Crippen molar-refractivity contribution < 1.29 is 10.2 Å². The van der Waals surface area contributed by atoms with Crippen LogP contribution >= 0.6 is 0 Å². The summed E-state index contributed by atoms with van der Waals surface area (Å²) in [5.74, 6) is 0. The largest absolute Gasteiger partial charge is 2.00 e. The van der Waals surface area contributed by atoms with Crippen LogP contribution < -0.4 is 10.2 Å². The van der Waals surface area contributed by atoms with Crippen molar-refractivity contribution in [2.24, 2.45) is 0 Å². The van der Waals surface area contributed by atoms with Crippen LogP contribution in [0.2, 0.25) is 0 Å². The maximum Gasteiger partial charge on any atom is 2.00 e. The van der Waals surface area contributed by atoms with Gasteiger partial charge in [0, 0.05) is 0 Å². The molecule has 0 fully saturated rings. The Balaban J connectivity index is -0.000000411. The third-order valence-corrected chi connectivity index (χ3v) is 4.98. The first-order valence-electron chi connectivity index (χ1n) is 11.9. The van der Waals surface area contributed by atoms with E-state index < -0.39 is 0 Å². The van der Waals surface area contributed by atoms with E-state index in [4.69, 9.17) is 0 Å². The molecule has 0 saturated carbocycles. The standard InChI is InChI=1S/2C12H25O.Mg/c2*1-3-5-6-7-8-9-11-12(13)10-4-2;/h2*12H,3-11H2,1-2H3;/q2*-1;+2. The van der Waals surface area contributed by atoms with Crippen molar-refractivity contribution in [3.05, 3.63) is 0 Å². The molecule has 0 saturated heterocycles. The zero-order valence-electron chi connectivity index (χ0n) is 19.4. The van der Waals surface area contributed by atoms with Gasteiger partial charge in [0.25, 0.3) is 0 Å². The molecule has 0 bridgehead atoms. The van der Waals surface area contributed by atoms with Crippen LogP contribution in [-0.4, -0.2) is 35.3 Å². The Bertz CT molecular complexity index is 212. The van der Waals surface area contributed by atoms with Gasteiger partial charge in [-0.1, -0.05) is 143 Å². The van der Waals surface area contributed by atoms with Crippen LogP contribution in [0.5, 0.6) is 0 Å². The van der Waals surface area contributed by atoms with Crippen LogP contribution in [0.25, 0.3) is 0 Å². The van der Waals surface area contributed by atoms with Gasteiger partial charge in [-0.15, -0.1) is 12.2 Å². The van der Waals surface area contributed by atoms with Crippen molar-refractivity contribution in [3.63, 3.8) is 0 Å². The Labute approximate surface area is 188 Å². The van der Waals surface area contributed by atoms with Crippen LogP contribution in [0.15, 0.2) is 0 Å². The molecule has 27 heavy (non-hydrogen) atoms. The van der Waals surface area contributed by atoms with Crippen LogP contribution in [0.3, 0.4) is 0 Å². The summed E-state index contributed by atoms with van der Waals surface area (Å²) < 4.78 is 0. The second-order valence-electron chi connectivity index (χ2n) is 7.93. The van der Waals surface area contributed by atoms with Crippen LogP contribution in [0, 0.1) is 0 Å². The summed E-state index contributed by atoms with van der Waals surface area (Å²) in [5.41, 5.74) is 0. The molecule has 0 N–H and O–H groups in total. The first kappa shape index (κ1) is 32.4. The minimum atomic E-state index is -0.281. The fourth-order valence-corrected chi connectivity index (χ4v) is 3.24. The third kappa shape index (κ3) is 31.6. The number of hydrogen-bond donors (Lipinski definition) is 0. The third-order valence-electron chi connectivity index (χ3n) is 4.98. The minimum Gasteiger partial charge on any atom is -0.852 e. The molecule has 2 atom stereocenters. The van der Waals surface area contributed by atoms with Crippen molar-refractivity contribution in [1.82, 2.24) is 0 Å². The van der Waals surface area contributed by atoms with Crippen molar-refractivity contribution in [2.75, 3.05) is 0 Å². The normalized spacial score (nSPS) is 12.7. The van der Waals surface area contributed by atoms with Crippen molar-refractivity contribution in [2.45, 2.75) is 155 Å². The number of unbranched alkanes of at least 4 members (excludes halogenated alkanes) is 10. The van der Waals surface area contributed by atoms with Gasteiger partial charge in [0.15, 0.2) is 0 Å². The van der Waals surface area contributed by atoms with Gasteiger partial charge in [0.2, 0.25) is 0 Å². The van der Waals surface area contributed by atoms with E-state index in [2.05, 4.69) is 27.7 Å². The van der Waals surface area contributed by atoms with Gasteiger partial charge >= 0.3 is 23.1 Å². The van der Waals surface area contributed by atoms with Gasteiger partial charge in [-0.05, 0) is 0 Å². The Kier molecular flexibility index (Phi) is 34.6. The molecular weight excluding hydrogens is 345 g/mol. The number of rotatable bonds is 18. The van der Waals surface area contributed by atoms with Gasteiger partial charge < -0.3 is 10.2 Å². The summed E-state index contributed by atoms with van der Waals surface area (Å²) >= 11 is 0. The predicted octanol–water partition coefficient (Wildman–Crippen LogP) is 6.15. The molecule has 3 heteroatoms. The Morgan fingerprint density at radius 3 is 1.00 bits per heavy atom. The second kappa shape index (κ2) is 28.9. The van der Waals surface area contributed by atoms with E-state index in [9.17, 15) is 10.2 Å². The first-order valence-corrected chi connectivity index (χ1v) is 11.9. The Hall–Kier alpha value is 0.686. The molecule has 0 aliphatic heterocycles. The van der Waals surface area contributed by atoms with E-state index >= 15 is 0 Å². The molecule has 0 heterocycles. The van der Waals surface area contributed by atoms with Gasteiger partial charge in [0.05, 0.1) is 0 Å². The van der Waals surface area contributed by atoms with Gasteiger partial charge in [-0.3, -0.25) is 0 Å². The van der Waals surface area contributed by atoms with Gasteiger partial charge in [-0.25, -0.2) is 0 Å². The predicted molar refractivity (Wildman–Crippen MR) is 119 cm³/mol. The molecule has 0 radical (unpaired) electrons. The Morgan fingerprint density at radius 1 is 0.407 bits per heavy atom. The fourth-order valence-electron chi connectivity index (χ4n) is 3.24. The molecule has 0 amide bonds. The van der Waals surface area contributed by atoms with Crippen LogP contribution in [0.4, 0.5) is 0 Å². The molecule has 0 rings (SSSR count). The summed E-state index contributed by atoms with van der Waals surface area (Å²) in [7, 11) is 0. The quantitative estimate of drug-likeness (QED) is 0.206. The van der Waals surface area contributed by atoms with Crippen LogP contribution in [0.1, 0.15) is 143 Å². The molecular formula is C24H50MgO2. The van der Waals surface area contributed by atoms with E-state index in [1.165, 1.54) is 64.2 Å². The van der Waals surface area contributed by atoms with E-state index in [1.807, 2.05) is 0 Å². The zero-order chi connectivity index (χ0) is 19.9. The molecule has 160 valence electrons. The summed E-state index contributed by atoms with van der Waals surface area (Å²) in [6, 6.07) is 0. The molecule has 0 aromatic rings. The zero-order valence-corrected chi connectivity index (χ0v) is 20.8. The SMILES string of the molecule is CCCCCCCCC([O-])CCC.CCCCCCCCC([O-])CCC.[Mg+2]. The van der Waals surface area contributed by atoms with E-state index in [-0.39, 0.29) is 35.3 Å². The molecule has 0 aliphatic rings. The van der Waals surface area contributed by atoms with Crippen molar-refractivity contribution in [3.8, 4) is 0 Å². The topological polar surface area (TPSA) is 46.1 Å². The maximum atomic E-state index is 11.2. The number of hydrogen-bond acceptors (Lipinski definition) is 2.